The molecule has 156 valence electrons. The molecule has 1 aromatic carbocycles. The highest BCUT2D eigenvalue weighted by Gasteiger charge is 2.16. The Morgan fingerprint density at radius 3 is 2.77 bits per heavy atom. The van der Waals surface area contributed by atoms with Gasteiger partial charge in [0.1, 0.15) is 5.75 Å². The van der Waals surface area contributed by atoms with E-state index in [0.29, 0.717) is 38.6 Å². The summed E-state index contributed by atoms with van der Waals surface area (Å²) < 4.78 is 7.25. The zero-order chi connectivity index (χ0) is 21.4. The summed E-state index contributed by atoms with van der Waals surface area (Å²) in [6, 6.07) is 5.10. The number of ether oxygens (including phenoxy) is 1. The quantitative estimate of drug-likeness (QED) is 0.463. The minimum absolute atomic E-state index is 0.0181. The molecular weight excluding hydrogens is 426 g/mol. The van der Waals surface area contributed by atoms with Crippen LogP contribution in [0.4, 0.5) is 5.13 Å². The van der Waals surface area contributed by atoms with E-state index in [-0.39, 0.29) is 17.7 Å². The molecule has 3 heterocycles. The van der Waals surface area contributed by atoms with Crippen LogP contribution in [0.5, 0.6) is 5.75 Å². The highest BCUT2D eigenvalue weighted by atomic mass is 35.5. The number of nitrogens with one attached hydrogen (secondary N) is 2. The minimum Gasteiger partial charge on any atom is -0.489 e. The van der Waals surface area contributed by atoms with Gasteiger partial charge in [-0.25, -0.2) is 4.98 Å². The molecule has 0 bridgehead atoms. The Hall–Kier alpha value is -2.98. The van der Waals surface area contributed by atoms with Crippen molar-refractivity contribution in [2.45, 2.75) is 39.8 Å². The number of hydrogen-bond donors (Lipinski definition) is 2. The van der Waals surface area contributed by atoms with Gasteiger partial charge in [0, 0.05) is 22.4 Å². The second kappa shape index (κ2) is 8.04. The van der Waals surface area contributed by atoms with Crippen LogP contribution in [0, 0.1) is 6.92 Å². The van der Waals surface area contributed by atoms with E-state index in [1.807, 2.05) is 32.2 Å². The van der Waals surface area contributed by atoms with Gasteiger partial charge in [-0.15, -0.1) is 16.4 Å². The lowest BCUT2D eigenvalue weighted by atomic mass is 10.1. The van der Waals surface area contributed by atoms with Gasteiger partial charge >= 0.3 is 0 Å². The summed E-state index contributed by atoms with van der Waals surface area (Å²) in [7, 11) is 0. The Kier molecular flexibility index (Phi) is 5.44. The summed E-state index contributed by atoms with van der Waals surface area (Å²) in [5.41, 5.74) is 1.06. The number of fused-ring (bicyclic) bond motifs is 1. The van der Waals surface area contributed by atoms with Crippen molar-refractivity contribution in [1.29, 1.82) is 0 Å². The molecule has 9 nitrogen and oxygen atoms in total. The van der Waals surface area contributed by atoms with Crippen molar-refractivity contribution in [2.24, 2.45) is 0 Å². The molecule has 0 radical (unpaired) electrons. The Morgan fingerprint density at radius 2 is 2.07 bits per heavy atom. The first-order chi connectivity index (χ1) is 14.3. The Morgan fingerprint density at radius 1 is 1.27 bits per heavy atom. The number of aryl methyl sites for hydroxylation is 1. The predicted molar refractivity (Wildman–Crippen MR) is 117 cm³/mol. The molecule has 0 spiro atoms. The molecule has 1 atom stereocenters. The Bertz CT molecular complexity index is 1260. The van der Waals surface area contributed by atoms with Gasteiger partial charge in [0.25, 0.3) is 5.56 Å². The molecule has 0 aliphatic carbocycles. The van der Waals surface area contributed by atoms with Crippen molar-refractivity contribution < 1.29 is 4.74 Å². The monoisotopic (exact) mass is 445 g/mol. The topological polar surface area (TPSA) is 111 Å². The van der Waals surface area contributed by atoms with E-state index in [4.69, 9.17) is 16.3 Å². The smallest absolute Gasteiger partial charge is 0.253 e. The average Bonchev–Trinajstić information content (AvgIpc) is 3.30. The molecule has 30 heavy (non-hydrogen) atoms. The maximum atomic E-state index is 12.7. The zero-order valence-corrected chi connectivity index (χ0v) is 18.4. The summed E-state index contributed by atoms with van der Waals surface area (Å²) in [5, 5.41) is 18.5. The molecule has 4 rings (SSSR count). The number of tetrazole rings is 1. The second-order valence-corrected chi connectivity index (χ2v) is 8.37. The lowest BCUT2D eigenvalue weighted by Gasteiger charge is -2.15. The molecule has 0 aliphatic rings. The molecule has 3 aromatic heterocycles. The number of rotatable bonds is 6. The van der Waals surface area contributed by atoms with Crippen molar-refractivity contribution in [3.8, 4) is 11.6 Å². The van der Waals surface area contributed by atoms with E-state index in [0.717, 1.165) is 5.39 Å². The van der Waals surface area contributed by atoms with Gasteiger partial charge in [-0.2, -0.15) is 4.68 Å². The van der Waals surface area contributed by atoms with Crippen LogP contribution in [0.1, 0.15) is 38.2 Å². The number of pyridine rings is 1. The van der Waals surface area contributed by atoms with Crippen molar-refractivity contribution in [3.05, 3.63) is 50.3 Å². The second-order valence-electron chi connectivity index (χ2n) is 7.11. The standard InChI is InChI=1S/C19H20ClN7O2S/c1-9(2)29-16-7-15-12(6-14(16)20)5-13(18(28)22-15)10(3)21-19-23-17(8-30-19)27-11(4)24-25-26-27/h5-10H,1-4H3,(H,21,23)(H,22,28)/t10-/m0/s1. The number of aromatic amines is 1. The number of H-pyrrole nitrogens is 1. The van der Waals surface area contributed by atoms with Gasteiger partial charge in [0.05, 0.1) is 22.7 Å². The van der Waals surface area contributed by atoms with E-state index in [1.165, 1.54) is 11.3 Å². The maximum Gasteiger partial charge on any atom is 0.253 e. The van der Waals surface area contributed by atoms with Crippen LogP contribution in [0.2, 0.25) is 5.02 Å². The molecule has 0 saturated heterocycles. The van der Waals surface area contributed by atoms with Gasteiger partial charge in [0.2, 0.25) is 0 Å². The zero-order valence-electron chi connectivity index (χ0n) is 16.8. The van der Waals surface area contributed by atoms with Crippen LogP contribution in [0.15, 0.2) is 28.4 Å². The van der Waals surface area contributed by atoms with E-state index < -0.39 is 0 Å². The number of thiazole rings is 1. The number of halogens is 1. The molecule has 11 heteroatoms. The van der Waals surface area contributed by atoms with Crippen LogP contribution in [0.25, 0.3) is 16.7 Å². The Balaban J connectivity index is 1.61. The third kappa shape index (κ3) is 4.01. The van der Waals surface area contributed by atoms with Gasteiger partial charge in [-0.3, -0.25) is 4.79 Å². The number of aromatic nitrogens is 6. The largest absolute Gasteiger partial charge is 0.489 e. The lowest BCUT2D eigenvalue weighted by Crippen LogP contribution is -2.19. The summed E-state index contributed by atoms with van der Waals surface area (Å²) in [6.45, 7) is 7.54. The van der Waals surface area contributed by atoms with Crippen molar-refractivity contribution in [2.75, 3.05) is 5.32 Å². The van der Waals surface area contributed by atoms with Crippen LogP contribution >= 0.6 is 22.9 Å². The number of nitrogens with zero attached hydrogens (tertiary/aromatic N) is 5. The third-order valence-corrected chi connectivity index (χ3v) is 5.49. The van der Waals surface area contributed by atoms with Gasteiger partial charge in [-0.05, 0) is 50.3 Å². The number of anilines is 1. The van der Waals surface area contributed by atoms with Gasteiger partial charge in [0.15, 0.2) is 16.8 Å². The Labute approximate surface area is 181 Å². The van der Waals surface area contributed by atoms with E-state index in [1.54, 1.807) is 23.7 Å². The van der Waals surface area contributed by atoms with E-state index in [9.17, 15) is 4.79 Å². The number of benzene rings is 1. The van der Waals surface area contributed by atoms with Crippen molar-refractivity contribution in [1.82, 2.24) is 30.2 Å². The van der Waals surface area contributed by atoms with Crippen LogP contribution in [-0.4, -0.2) is 36.3 Å². The summed E-state index contributed by atoms with van der Waals surface area (Å²) in [6.07, 6.45) is -0.0181. The van der Waals surface area contributed by atoms with E-state index >= 15 is 0 Å². The summed E-state index contributed by atoms with van der Waals surface area (Å²) in [4.78, 5) is 20.1. The molecule has 2 N–H and O–H groups in total. The highest BCUT2D eigenvalue weighted by molar-refractivity contribution is 7.13. The molecule has 0 aliphatic heterocycles. The van der Waals surface area contributed by atoms with E-state index in [2.05, 4.69) is 30.8 Å². The van der Waals surface area contributed by atoms with Crippen molar-refractivity contribution >= 4 is 39.0 Å². The number of hydrogen-bond acceptors (Lipinski definition) is 8. The third-order valence-electron chi connectivity index (χ3n) is 4.43. The fraction of sp³-hybridized carbons (Fsp3) is 0.316. The maximum absolute atomic E-state index is 12.7. The average molecular weight is 446 g/mol. The molecular formula is C19H20ClN7O2S. The fourth-order valence-electron chi connectivity index (χ4n) is 3.03. The van der Waals surface area contributed by atoms with Gasteiger partial charge < -0.3 is 15.0 Å². The molecule has 0 saturated carbocycles. The lowest BCUT2D eigenvalue weighted by molar-refractivity contribution is 0.243. The van der Waals surface area contributed by atoms with Crippen LogP contribution in [0.3, 0.4) is 0 Å². The van der Waals surface area contributed by atoms with Crippen LogP contribution < -0.4 is 15.6 Å². The SMILES string of the molecule is Cc1nnnn1-c1csc(N[C@@H](C)c2cc3cc(Cl)c(OC(C)C)cc3[nH]c2=O)n1. The molecule has 4 aromatic rings. The molecule has 0 unspecified atom stereocenters. The predicted octanol–water partition coefficient (Wildman–Crippen LogP) is 3.88. The van der Waals surface area contributed by atoms with Gasteiger partial charge in [-0.1, -0.05) is 11.6 Å². The normalized spacial score (nSPS) is 12.5. The summed E-state index contributed by atoms with van der Waals surface area (Å²) >= 11 is 7.76. The van der Waals surface area contributed by atoms with Crippen LogP contribution in [-0.2, 0) is 0 Å². The minimum atomic E-state index is -0.280. The first-order valence-corrected chi connectivity index (χ1v) is 10.6. The van der Waals surface area contributed by atoms with Crippen molar-refractivity contribution in [3.63, 3.8) is 0 Å². The molecule has 0 fully saturated rings. The fourth-order valence-corrected chi connectivity index (χ4v) is 4.00. The summed E-state index contributed by atoms with van der Waals surface area (Å²) in [5.74, 6) is 1.81. The molecule has 0 amide bonds. The highest BCUT2D eigenvalue weighted by Crippen LogP contribution is 2.31. The first-order valence-electron chi connectivity index (χ1n) is 9.32. The first kappa shape index (κ1) is 20.3.